The number of carbonyl (C=O) groups is 1. The number of halogens is 7. The molecule has 3 rings (SSSR count). The molecular weight excluding hydrogens is 543 g/mol. The molecule has 0 spiro atoms. The van der Waals surface area contributed by atoms with Crippen molar-refractivity contribution in [3.8, 4) is 5.75 Å². The SMILES string of the molecule is CC(F)(F)CCC1CN(C2CCC(F)(F)CC2)c2cc(C(F)(F)F)c(OCC(C)(C)C(=O)O)cc2S(=O)C1. The fourth-order valence-corrected chi connectivity index (χ4v) is 6.19. The molecule has 216 valence electrons. The van der Waals surface area contributed by atoms with Crippen LogP contribution >= 0.6 is 0 Å². The first-order valence-corrected chi connectivity index (χ1v) is 13.6. The van der Waals surface area contributed by atoms with Crippen molar-refractivity contribution in [3.63, 3.8) is 0 Å². The predicted octanol–water partition coefficient (Wildman–Crippen LogP) is 6.75. The van der Waals surface area contributed by atoms with Gasteiger partial charge in [-0.2, -0.15) is 13.2 Å². The number of hydrogen-bond donors (Lipinski definition) is 1. The van der Waals surface area contributed by atoms with E-state index in [0.717, 1.165) is 19.1 Å². The van der Waals surface area contributed by atoms with Crippen molar-refractivity contribution in [1.82, 2.24) is 0 Å². The van der Waals surface area contributed by atoms with Crippen molar-refractivity contribution in [1.29, 1.82) is 0 Å². The highest BCUT2D eigenvalue weighted by molar-refractivity contribution is 7.85. The van der Waals surface area contributed by atoms with E-state index >= 15 is 0 Å². The molecule has 1 aromatic rings. The normalized spacial score (nSPS) is 23.1. The molecule has 1 aromatic carbocycles. The number of carboxylic acid groups (broad SMARTS) is 1. The minimum absolute atomic E-state index is 0.00535. The Kier molecular flexibility index (Phi) is 8.70. The molecule has 1 aliphatic carbocycles. The molecule has 2 atom stereocenters. The highest BCUT2D eigenvalue weighted by atomic mass is 32.2. The van der Waals surface area contributed by atoms with Gasteiger partial charge >= 0.3 is 12.1 Å². The summed E-state index contributed by atoms with van der Waals surface area (Å²) in [6, 6.07) is 1.14. The van der Waals surface area contributed by atoms with Gasteiger partial charge in [0.15, 0.2) is 0 Å². The quantitative estimate of drug-likeness (QED) is 0.348. The third-order valence-electron chi connectivity index (χ3n) is 7.05. The minimum atomic E-state index is -4.93. The van der Waals surface area contributed by atoms with Crippen molar-refractivity contribution < 1.29 is 49.6 Å². The lowest BCUT2D eigenvalue weighted by Gasteiger charge is -2.39. The number of hydrogen-bond acceptors (Lipinski definition) is 4. The summed E-state index contributed by atoms with van der Waals surface area (Å²) < 4.78 is 116. The van der Waals surface area contributed by atoms with Crippen LogP contribution in [0.1, 0.15) is 64.9 Å². The number of rotatable bonds is 8. The molecule has 0 aromatic heterocycles. The summed E-state index contributed by atoms with van der Waals surface area (Å²) in [6.45, 7) is 2.69. The zero-order valence-electron chi connectivity index (χ0n) is 21.3. The molecule has 2 aliphatic rings. The Morgan fingerprint density at radius 3 is 2.26 bits per heavy atom. The van der Waals surface area contributed by atoms with Gasteiger partial charge in [0.25, 0.3) is 0 Å². The molecule has 13 heteroatoms. The molecule has 1 fully saturated rings. The zero-order valence-corrected chi connectivity index (χ0v) is 22.2. The summed E-state index contributed by atoms with van der Waals surface area (Å²) in [4.78, 5) is 12.9. The second kappa shape index (κ2) is 10.8. The van der Waals surface area contributed by atoms with Crippen LogP contribution in [0.5, 0.6) is 5.75 Å². The van der Waals surface area contributed by atoms with E-state index in [9.17, 15) is 44.8 Å². The molecule has 1 heterocycles. The van der Waals surface area contributed by atoms with E-state index in [1.807, 2.05) is 0 Å². The van der Waals surface area contributed by atoms with Crippen molar-refractivity contribution in [2.75, 3.05) is 23.8 Å². The lowest BCUT2D eigenvalue weighted by atomic mass is 9.89. The Hall–Kier alpha value is -2.05. The first-order valence-electron chi connectivity index (χ1n) is 12.3. The van der Waals surface area contributed by atoms with Gasteiger partial charge in [-0.3, -0.25) is 9.00 Å². The number of alkyl halides is 7. The topological polar surface area (TPSA) is 66.8 Å². The van der Waals surface area contributed by atoms with Gasteiger partial charge in [-0.1, -0.05) is 0 Å². The van der Waals surface area contributed by atoms with Crippen molar-refractivity contribution in [2.24, 2.45) is 11.3 Å². The van der Waals surface area contributed by atoms with E-state index < -0.39 is 89.3 Å². The molecule has 0 bridgehead atoms. The Morgan fingerprint density at radius 2 is 1.74 bits per heavy atom. The lowest BCUT2D eigenvalue weighted by Crippen LogP contribution is -2.43. The van der Waals surface area contributed by atoms with E-state index in [1.165, 1.54) is 18.7 Å². The van der Waals surface area contributed by atoms with Crippen LogP contribution in [0.2, 0.25) is 0 Å². The maximum atomic E-state index is 14.1. The molecule has 38 heavy (non-hydrogen) atoms. The summed E-state index contributed by atoms with van der Waals surface area (Å²) in [5, 5.41) is 9.31. The smallest absolute Gasteiger partial charge is 0.420 e. The fraction of sp³-hybridized carbons (Fsp3) is 0.720. The van der Waals surface area contributed by atoms with Crippen LogP contribution in [-0.4, -0.2) is 52.1 Å². The Morgan fingerprint density at radius 1 is 1.13 bits per heavy atom. The number of fused-ring (bicyclic) bond motifs is 1. The Labute approximate surface area is 219 Å². The van der Waals surface area contributed by atoms with Gasteiger partial charge in [0.1, 0.15) is 12.4 Å². The number of benzene rings is 1. The molecule has 0 amide bonds. The van der Waals surface area contributed by atoms with E-state index in [0.29, 0.717) is 0 Å². The van der Waals surface area contributed by atoms with E-state index in [1.54, 1.807) is 0 Å². The fourth-order valence-electron chi connectivity index (χ4n) is 4.67. The molecular formula is C25H32F7NO4S. The van der Waals surface area contributed by atoms with Crippen LogP contribution in [0.3, 0.4) is 0 Å². The van der Waals surface area contributed by atoms with Gasteiger partial charge in [0, 0.05) is 37.6 Å². The standard InChI is InChI=1S/C25H32F7NO4S/c1-22(2,21(34)35)14-37-19-11-20-18(10-17(19)25(30,31)32)33(16-5-8-24(28,29)9-6-16)12-15(13-38(20)36)4-7-23(3,26)27/h10-11,15-16H,4-9,12-14H2,1-3H3,(H,34,35). The van der Waals surface area contributed by atoms with Crippen molar-refractivity contribution in [3.05, 3.63) is 17.7 Å². The summed E-state index contributed by atoms with van der Waals surface area (Å²) in [5.41, 5.74) is -2.80. The summed E-state index contributed by atoms with van der Waals surface area (Å²) in [6.07, 6.45) is -6.49. The molecule has 2 unspecified atom stereocenters. The van der Waals surface area contributed by atoms with Crippen LogP contribution in [0.25, 0.3) is 0 Å². The number of carboxylic acids is 1. The van der Waals surface area contributed by atoms with Gasteiger partial charge in [0.05, 0.1) is 32.4 Å². The summed E-state index contributed by atoms with van der Waals surface area (Å²) >= 11 is 0. The van der Waals surface area contributed by atoms with Gasteiger partial charge in [-0.15, -0.1) is 0 Å². The second-order valence-corrected chi connectivity index (χ2v) is 12.5. The predicted molar refractivity (Wildman–Crippen MR) is 128 cm³/mol. The number of nitrogens with zero attached hydrogens (tertiary/aromatic N) is 1. The highest BCUT2D eigenvalue weighted by Crippen LogP contribution is 2.46. The second-order valence-electron chi connectivity index (χ2n) is 11.0. The summed E-state index contributed by atoms with van der Waals surface area (Å²) in [5.74, 6) is -8.58. The van der Waals surface area contributed by atoms with Crippen LogP contribution in [-0.2, 0) is 21.8 Å². The van der Waals surface area contributed by atoms with Crippen LogP contribution in [0.15, 0.2) is 17.0 Å². The Balaban J connectivity index is 2.07. The first kappa shape index (κ1) is 30.5. The monoisotopic (exact) mass is 575 g/mol. The largest absolute Gasteiger partial charge is 0.492 e. The maximum absolute atomic E-state index is 14.1. The number of anilines is 1. The zero-order chi connectivity index (χ0) is 28.7. The van der Waals surface area contributed by atoms with Gasteiger partial charge in [-0.05, 0) is 58.1 Å². The number of ether oxygens (including phenoxy) is 1. The van der Waals surface area contributed by atoms with Gasteiger partial charge in [0.2, 0.25) is 11.8 Å². The van der Waals surface area contributed by atoms with Crippen LogP contribution < -0.4 is 9.64 Å². The van der Waals surface area contributed by atoms with E-state index in [2.05, 4.69) is 0 Å². The van der Waals surface area contributed by atoms with E-state index in [4.69, 9.17) is 4.74 Å². The van der Waals surface area contributed by atoms with Gasteiger partial charge in [-0.25, -0.2) is 17.6 Å². The van der Waals surface area contributed by atoms with Crippen molar-refractivity contribution >= 4 is 22.5 Å². The maximum Gasteiger partial charge on any atom is 0.420 e. The first-order chi connectivity index (χ1) is 17.3. The van der Waals surface area contributed by atoms with E-state index in [-0.39, 0.29) is 42.1 Å². The molecule has 0 radical (unpaired) electrons. The third-order valence-corrected chi connectivity index (χ3v) is 8.64. The molecule has 1 aliphatic heterocycles. The molecule has 1 N–H and O–H groups in total. The number of aliphatic carboxylic acids is 1. The molecule has 1 saturated carbocycles. The third kappa shape index (κ3) is 7.53. The van der Waals surface area contributed by atoms with Crippen molar-refractivity contribution in [2.45, 2.75) is 88.3 Å². The average molecular weight is 576 g/mol. The van der Waals surface area contributed by atoms with Crippen LogP contribution in [0.4, 0.5) is 36.4 Å². The summed E-state index contributed by atoms with van der Waals surface area (Å²) in [7, 11) is -1.91. The van der Waals surface area contributed by atoms with Gasteiger partial charge < -0.3 is 14.7 Å². The molecule has 5 nitrogen and oxygen atoms in total. The Bertz CT molecular complexity index is 1050. The lowest BCUT2D eigenvalue weighted by molar-refractivity contribution is -0.148. The average Bonchev–Trinajstić information content (AvgIpc) is 2.91. The van der Waals surface area contributed by atoms with Crippen LogP contribution in [0, 0.1) is 11.3 Å². The highest BCUT2D eigenvalue weighted by Gasteiger charge is 2.42. The molecule has 0 saturated heterocycles. The minimum Gasteiger partial charge on any atom is -0.492 e.